The van der Waals surface area contributed by atoms with Crippen molar-refractivity contribution in [2.75, 3.05) is 19.6 Å². The van der Waals surface area contributed by atoms with Crippen LogP contribution in [0.1, 0.15) is 20.3 Å². The molecule has 0 fully saturated rings. The van der Waals surface area contributed by atoms with Crippen molar-refractivity contribution in [2.24, 2.45) is 5.92 Å². The molecule has 0 aliphatic heterocycles. The van der Waals surface area contributed by atoms with Gasteiger partial charge in [-0.1, -0.05) is 32.0 Å². The van der Waals surface area contributed by atoms with E-state index in [1.807, 2.05) is 0 Å². The molecule has 74 valence electrons. The topological polar surface area (TPSA) is 27.0 Å². The SMILES string of the molecule is C=C(Cl)CN(CCC#N)CC(C)C. The van der Waals surface area contributed by atoms with Crippen LogP contribution in [0.3, 0.4) is 0 Å². The van der Waals surface area contributed by atoms with Crippen molar-refractivity contribution in [3.63, 3.8) is 0 Å². The van der Waals surface area contributed by atoms with E-state index in [9.17, 15) is 0 Å². The molecular formula is C10H17ClN2. The molecule has 0 N–H and O–H groups in total. The highest BCUT2D eigenvalue weighted by molar-refractivity contribution is 6.29. The highest BCUT2D eigenvalue weighted by atomic mass is 35.5. The van der Waals surface area contributed by atoms with Crippen molar-refractivity contribution in [1.29, 1.82) is 5.26 Å². The van der Waals surface area contributed by atoms with Crippen LogP contribution in [0.5, 0.6) is 0 Å². The van der Waals surface area contributed by atoms with Crippen LogP contribution in [-0.4, -0.2) is 24.5 Å². The molecule has 0 aliphatic carbocycles. The highest BCUT2D eigenvalue weighted by Crippen LogP contribution is 2.05. The zero-order chi connectivity index (χ0) is 10.3. The predicted molar refractivity (Wildman–Crippen MR) is 56.5 cm³/mol. The molecule has 0 aliphatic rings. The maximum absolute atomic E-state index is 8.45. The van der Waals surface area contributed by atoms with Crippen LogP contribution in [0, 0.1) is 17.2 Å². The van der Waals surface area contributed by atoms with Gasteiger partial charge in [-0.15, -0.1) is 0 Å². The smallest absolute Gasteiger partial charge is 0.0635 e. The minimum absolute atomic E-state index is 0.552. The lowest BCUT2D eigenvalue weighted by molar-refractivity contribution is 0.272. The van der Waals surface area contributed by atoms with Gasteiger partial charge in [0.05, 0.1) is 6.07 Å². The van der Waals surface area contributed by atoms with Gasteiger partial charge < -0.3 is 0 Å². The van der Waals surface area contributed by atoms with E-state index < -0.39 is 0 Å². The maximum Gasteiger partial charge on any atom is 0.0635 e. The summed E-state index contributed by atoms with van der Waals surface area (Å²) < 4.78 is 0. The van der Waals surface area contributed by atoms with Gasteiger partial charge in [-0.05, 0) is 5.92 Å². The third kappa shape index (κ3) is 7.83. The number of nitrogens with zero attached hydrogens (tertiary/aromatic N) is 2. The first-order valence-electron chi connectivity index (χ1n) is 4.48. The summed E-state index contributed by atoms with van der Waals surface area (Å²) in [7, 11) is 0. The number of hydrogen-bond acceptors (Lipinski definition) is 2. The van der Waals surface area contributed by atoms with Crippen molar-refractivity contribution in [1.82, 2.24) is 4.90 Å². The summed E-state index contributed by atoms with van der Waals surface area (Å²) in [6.07, 6.45) is 0.552. The molecule has 0 radical (unpaired) electrons. The minimum Gasteiger partial charge on any atom is -0.297 e. The monoisotopic (exact) mass is 200 g/mol. The molecule has 0 atom stereocenters. The summed E-state index contributed by atoms with van der Waals surface area (Å²) in [5.74, 6) is 0.592. The Balaban J connectivity index is 3.88. The molecule has 0 aromatic carbocycles. The summed E-state index contributed by atoms with van der Waals surface area (Å²) >= 11 is 5.72. The molecule has 0 saturated heterocycles. The summed E-state index contributed by atoms with van der Waals surface area (Å²) in [6.45, 7) is 10.4. The Hall–Kier alpha value is -0.520. The van der Waals surface area contributed by atoms with Crippen LogP contribution < -0.4 is 0 Å². The fourth-order valence-corrected chi connectivity index (χ4v) is 1.37. The second kappa shape index (κ2) is 6.94. The van der Waals surface area contributed by atoms with E-state index in [2.05, 4.69) is 31.4 Å². The summed E-state index contributed by atoms with van der Waals surface area (Å²) in [5.41, 5.74) is 0. The quantitative estimate of drug-likeness (QED) is 0.659. The van der Waals surface area contributed by atoms with Crippen molar-refractivity contribution in [2.45, 2.75) is 20.3 Å². The van der Waals surface area contributed by atoms with Crippen molar-refractivity contribution >= 4 is 11.6 Å². The zero-order valence-corrected chi connectivity index (χ0v) is 9.14. The molecule has 0 bridgehead atoms. The highest BCUT2D eigenvalue weighted by Gasteiger charge is 2.07. The first-order chi connectivity index (χ1) is 6.06. The van der Waals surface area contributed by atoms with E-state index in [1.54, 1.807) is 0 Å². The number of halogens is 1. The fraction of sp³-hybridized carbons (Fsp3) is 0.700. The number of nitriles is 1. The van der Waals surface area contributed by atoms with Gasteiger partial charge in [0, 0.05) is 31.1 Å². The Morgan fingerprint density at radius 1 is 1.62 bits per heavy atom. The van der Waals surface area contributed by atoms with E-state index in [1.165, 1.54) is 0 Å². The molecule has 0 spiro atoms. The third-order valence-electron chi connectivity index (χ3n) is 1.56. The number of rotatable bonds is 6. The first-order valence-corrected chi connectivity index (χ1v) is 4.86. The van der Waals surface area contributed by atoms with E-state index in [0.29, 0.717) is 23.9 Å². The molecule has 2 nitrogen and oxygen atoms in total. The lowest BCUT2D eigenvalue weighted by atomic mass is 10.2. The maximum atomic E-state index is 8.45. The summed E-state index contributed by atoms with van der Waals surface area (Å²) in [4.78, 5) is 2.16. The molecule has 0 amide bonds. The molecule has 13 heavy (non-hydrogen) atoms. The van der Waals surface area contributed by atoms with Crippen LogP contribution in [-0.2, 0) is 0 Å². The van der Waals surface area contributed by atoms with Crippen LogP contribution in [0.25, 0.3) is 0 Å². The molecular weight excluding hydrogens is 184 g/mol. The fourth-order valence-electron chi connectivity index (χ4n) is 1.20. The molecule has 3 heteroatoms. The van der Waals surface area contributed by atoms with Crippen molar-refractivity contribution in [3.8, 4) is 6.07 Å². The van der Waals surface area contributed by atoms with Gasteiger partial charge in [-0.3, -0.25) is 4.90 Å². The van der Waals surface area contributed by atoms with Gasteiger partial charge in [-0.2, -0.15) is 5.26 Å². The third-order valence-corrected chi connectivity index (χ3v) is 1.68. The average molecular weight is 201 g/mol. The molecule has 0 aromatic rings. The largest absolute Gasteiger partial charge is 0.297 e. The van der Waals surface area contributed by atoms with Crippen LogP contribution >= 0.6 is 11.6 Å². The van der Waals surface area contributed by atoms with E-state index >= 15 is 0 Å². The lowest BCUT2D eigenvalue weighted by Gasteiger charge is -2.22. The van der Waals surface area contributed by atoms with Gasteiger partial charge in [0.1, 0.15) is 0 Å². The summed E-state index contributed by atoms with van der Waals surface area (Å²) in [6, 6.07) is 2.13. The predicted octanol–water partition coefficient (Wildman–Crippen LogP) is 2.61. The molecule has 0 unspecified atom stereocenters. The second-order valence-corrected chi connectivity index (χ2v) is 4.09. The minimum atomic E-state index is 0.552. The van der Waals surface area contributed by atoms with Gasteiger partial charge in [0.2, 0.25) is 0 Å². The molecule has 0 aromatic heterocycles. The standard InChI is InChI=1S/C10H17ClN2/c1-9(2)7-13(6-4-5-12)8-10(3)11/h9H,3-4,6-8H2,1-2H3. The Morgan fingerprint density at radius 2 is 2.23 bits per heavy atom. The second-order valence-electron chi connectivity index (χ2n) is 3.55. The van der Waals surface area contributed by atoms with Gasteiger partial charge in [0.15, 0.2) is 0 Å². The zero-order valence-electron chi connectivity index (χ0n) is 8.39. The normalized spacial score (nSPS) is 10.5. The van der Waals surface area contributed by atoms with Crippen LogP contribution in [0.4, 0.5) is 0 Å². The average Bonchev–Trinajstić information content (AvgIpc) is 1.98. The van der Waals surface area contributed by atoms with Gasteiger partial charge >= 0.3 is 0 Å². The summed E-state index contributed by atoms with van der Waals surface area (Å²) in [5, 5.41) is 9.09. The van der Waals surface area contributed by atoms with E-state index in [0.717, 1.165) is 13.1 Å². The van der Waals surface area contributed by atoms with Crippen molar-refractivity contribution < 1.29 is 0 Å². The number of hydrogen-bond donors (Lipinski definition) is 0. The first kappa shape index (κ1) is 12.5. The van der Waals surface area contributed by atoms with E-state index in [4.69, 9.17) is 16.9 Å². The van der Waals surface area contributed by atoms with Gasteiger partial charge in [-0.25, -0.2) is 0 Å². The Kier molecular flexibility index (Phi) is 6.66. The molecule has 0 heterocycles. The van der Waals surface area contributed by atoms with E-state index in [-0.39, 0.29) is 0 Å². The Labute approximate surface area is 85.8 Å². The lowest BCUT2D eigenvalue weighted by Crippen LogP contribution is -2.29. The van der Waals surface area contributed by atoms with Crippen molar-refractivity contribution in [3.05, 3.63) is 11.6 Å². The molecule has 0 rings (SSSR count). The Morgan fingerprint density at radius 3 is 2.62 bits per heavy atom. The van der Waals surface area contributed by atoms with Crippen LogP contribution in [0.2, 0.25) is 0 Å². The van der Waals surface area contributed by atoms with Gasteiger partial charge in [0.25, 0.3) is 0 Å². The van der Waals surface area contributed by atoms with Crippen LogP contribution in [0.15, 0.2) is 11.6 Å². The molecule has 0 saturated carbocycles. The Bertz CT molecular complexity index is 194.